The highest BCUT2D eigenvalue weighted by molar-refractivity contribution is 6.30. The van der Waals surface area contributed by atoms with Gasteiger partial charge in [-0.05, 0) is 57.6 Å². The monoisotopic (exact) mass is 455 g/mol. The second-order valence-corrected chi connectivity index (χ2v) is 9.60. The van der Waals surface area contributed by atoms with Crippen molar-refractivity contribution in [2.24, 2.45) is 5.92 Å². The Labute approximate surface area is 184 Å². The quantitative estimate of drug-likeness (QED) is 0.491. The maximum Gasteiger partial charge on any atom is 0.410 e. The van der Waals surface area contributed by atoms with Crippen molar-refractivity contribution in [1.82, 2.24) is 19.9 Å². The van der Waals surface area contributed by atoms with Crippen LogP contribution < -0.4 is 4.90 Å². The Hall–Kier alpha value is -1.93. The third-order valence-electron chi connectivity index (χ3n) is 5.27. The Balaban J connectivity index is 1.66. The van der Waals surface area contributed by atoms with Crippen LogP contribution in [0.3, 0.4) is 0 Å². The van der Waals surface area contributed by atoms with Crippen LogP contribution in [0.25, 0.3) is 10.9 Å². The van der Waals surface area contributed by atoms with Crippen molar-refractivity contribution < 1.29 is 13.9 Å². The summed E-state index contributed by atoms with van der Waals surface area (Å²) in [5.41, 5.74) is -0.505. The minimum Gasteiger partial charge on any atom is -0.444 e. The summed E-state index contributed by atoms with van der Waals surface area (Å²) in [4.78, 5) is 28.7. The lowest BCUT2D eigenvalue weighted by Gasteiger charge is -2.31. The molecule has 1 saturated carbocycles. The summed E-state index contributed by atoms with van der Waals surface area (Å²) in [5, 5.41) is 0.146. The van der Waals surface area contributed by atoms with Gasteiger partial charge in [0.05, 0.1) is 5.39 Å². The molecule has 1 amide bonds. The summed E-state index contributed by atoms with van der Waals surface area (Å²) in [5.74, 6) is 0.346. The Kier molecular flexibility index (Phi) is 5.66. The molecule has 2 aromatic heterocycles. The molecule has 7 nitrogen and oxygen atoms in total. The summed E-state index contributed by atoms with van der Waals surface area (Å²) in [6.45, 7) is 7.36. The van der Waals surface area contributed by atoms with Crippen LogP contribution in [0.4, 0.5) is 15.0 Å². The molecule has 1 saturated heterocycles. The molecule has 0 unspecified atom stereocenters. The molecule has 2 aromatic rings. The van der Waals surface area contributed by atoms with Gasteiger partial charge in [-0.3, -0.25) is 0 Å². The molecule has 162 valence electrons. The lowest BCUT2D eigenvalue weighted by molar-refractivity contribution is 0.0292. The number of fused-ring (bicyclic) bond motifs is 1. The molecule has 0 bridgehead atoms. The van der Waals surface area contributed by atoms with Gasteiger partial charge in [0.2, 0.25) is 5.28 Å². The summed E-state index contributed by atoms with van der Waals surface area (Å²) >= 11 is 12.0. The van der Waals surface area contributed by atoms with Crippen LogP contribution in [0.5, 0.6) is 0 Å². The molecular weight excluding hydrogens is 432 g/mol. The van der Waals surface area contributed by atoms with Crippen molar-refractivity contribution in [1.29, 1.82) is 0 Å². The smallest absolute Gasteiger partial charge is 0.410 e. The zero-order chi connectivity index (χ0) is 21.6. The number of carbonyl (C=O) groups excluding carboxylic acids is 1. The third-order valence-corrected chi connectivity index (χ3v) is 5.71. The van der Waals surface area contributed by atoms with E-state index in [1.54, 1.807) is 4.90 Å². The molecule has 0 radical (unpaired) electrons. The minimum atomic E-state index is -0.715. The summed E-state index contributed by atoms with van der Waals surface area (Å²) in [6, 6.07) is 0.00558. The average molecular weight is 456 g/mol. The van der Waals surface area contributed by atoms with Crippen molar-refractivity contribution >= 4 is 46.0 Å². The fourth-order valence-corrected chi connectivity index (χ4v) is 3.99. The molecule has 30 heavy (non-hydrogen) atoms. The van der Waals surface area contributed by atoms with Crippen LogP contribution in [0.15, 0.2) is 6.20 Å². The highest BCUT2D eigenvalue weighted by atomic mass is 35.5. The number of rotatable bonds is 4. The Bertz CT molecular complexity index is 980. The number of hydrogen-bond donors (Lipinski definition) is 0. The minimum absolute atomic E-state index is 0.00558. The SMILES string of the molecule is CC(C)(C)OC(=O)N1CC[C@@H](N(CC2CC2)c2nc(Cl)nc3c(F)c(Cl)ncc23)C1. The van der Waals surface area contributed by atoms with Crippen LogP contribution in [0.1, 0.15) is 40.0 Å². The number of hydrogen-bond acceptors (Lipinski definition) is 6. The largest absolute Gasteiger partial charge is 0.444 e. The number of pyridine rings is 1. The molecular formula is C20H24Cl2FN5O2. The zero-order valence-electron chi connectivity index (χ0n) is 17.2. The van der Waals surface area contributed by atoms with Crippen molar-refractivity contribution in [2.75, 3.05) is 24.5 Å². The topological polar surface area (TPSA) is 71.5 Å². The number of halogens is 3. The van der Waals surface area contributed by atoms with E-state index in [1.807, 2.05) is 20.8 Å². The van der Waals surface area contributed by atoms with Gasteiger partial charge in [0, 0.05) is 31.9 Å². The second-order valence-electron chi connectivity index (χ2n) is 8.91. The van der Waals surface area contributed by atoms with Crippen LogP contribution in [0, 0.1) is 11.7 Å². The van der Waals surface area contributed by atoms with Gasteiger partial charge in [-0.1, -0.05) is 11.6 Å². The standard InChI is InChI=1S/C20H24Cl2FN5O2/c1-20(2,3)30-19(29)27-7-6-12(10-27)28(9-11-4-5-11)17-13-8-24-16(21)14(23)15(13)25-18(22)26-17/h8,11-12H,4-7,9-10H2,1-3H3/t12-/m1/s1. The molecule has 1 aliphatic heterocycles. The first-order valence-corrected chi connectivity index (χ1v) is 10.8. The van der Waals surface area contributed by atoms with Crippen molar-refractivity contribution in [3.05, 3.63) is 22.5 Å². The first kappa shape index (κ1) is 21.3. The van der Waals surface area contributed by atoms with Gasteiger partial charge in [0.15, 0.2) is 11.0 Å². The first-order valence-electron chi connectivity index (χ1n) is 10.0. The zero-order valence-corrected chi connectivity index (χ0v) is 18.7. The van der Waals surface area contributed by atoms with Crippen molar-refractivity contribution in [3.63, 3.8) is 0 Å². The van der Waals surface area contributed by atoms with Gasteiger partial charge in [-0.25, -0.2) is 19.2 Å². The van der Waals surface area contributed by atoms with Gasteiger partial charge < -0.3 is 14.5 Å². The molecule has 0 aromatic carbocycles. The maximum atomic E-state index is 14.6. The van der Waals surface area contributed by atoms with E-state index >= 15 is 0 Å². The van der Waals surface area contributed by atoms with Crippen LogP contribution in [0.2, 0.25) is 10.4 Å². The number of anilines is 1. The summed E-state index contributed by atoms with van der Waals surface area (Å²) < 4.78 is 20.1. The van der Waals surface area contributed by atoms with E-state index in [0.29, 0.717) is 30.2 Å². The normalized spacial score (nSPS) is 19.4. The second kappa shape index (κ2) is 7.96. The average Bonchev–Trinajstić information content (AvgIpc) is 3.34. The molecule has 0 spiro atoms. The number of nitrogens with zero attached hydrogens (tertiary/aromatic N) is 5. The molecule has 2 aliphatic rings. The van der Waals surface area contributed by atoms with Crippen LogP contribution in [-0.2, 0) is 4.74 Å². The van der Waals surface area contributed by atoms with E-state index in [0.717, 1.165) is 25.8 Å². The Morgan fingerprint density at radius 2 is 2.03 bits per heavy atom. The van der Waals surface area contributed by atoms with Gasteiger partial charge in [-0.15, -0.1) is 0 Å². The summed E-state index contributed by atoms with van der Waals surface area (Å²) in [7, 11) is 0. The van der Waals surface area contributed by atoms with E-state index in [9.17, 15) is 9.18 Å². The number of amides is 1. The third kappa shape index (κ3) is 4.54. The van der Waals surface area contributed by atoms with E-state index < -0.39 is 11.4 Å². The van der Waals surface area contributed by atoms with E-state index in [1.165, 1.54) is 6.20 Å². The molecule has 1 atom stereocenters. The Morgan fingerprint density at radius 1 is 1.30 bits per heavy atom. The van der Waals surface area contributed by atoms with Crippen LogP contribution in [-0.4, -0.2) is 57.2 Å². The molecule has 3 heterocycles. The number of ether oxygens (including phenoxy) is 1. The van der Waals surface area contributed by atoms with Gasteiger partial charge >= 0.3 is 6.09 Å². The fourth-order valence-electron chi connectivity index (χ4n) is 3.69. The van der Waals surface area contributed by atoms with Gasteiger partial charge in [-0.2, -0.15) is 4.98 Å². The number of carbonyl (C=O) groups is 1. The Morgan fingerprint density at radius 3 is 2.70 bits per heavy atom. The molecule has 1 aliphatic carbocycles. The highest BCUT2D eigenvalue weighted by Gasteiger charge is 2.37. The summed E-state index contributed by atoms with van der Waals surface area (Å²) in [6.07, 6.45) is 4.16. The predicted octanol–water partition coefficient (Wildman–Crippen LogP) is 4.70. The molecule has 10 heteroatoms. The molecule has 4 rings (SSSR count). The fraction of sp³-hybridized carbons (Fsp3) is 0.600. The maximum absolute atomic E-state index is 14.6. The van der Waals surface area contributed by atoms with Crippen molar-refractivity contribution in [2.45, 2.75) is 51.7 Å². The van der Waals surface area contributed by atoms with E-state index in [-0.39, 0.29) is 28.1 Å². The van der Waals surface area contributed by atoms with Crippen molar-refractivity contribution in [3.8, 4) is 0 Å². The number of aromatic nitrogens is 3. The van der Waals surface area contributed by atoms with E-state index in [4.69, 9.17) is 27.9 Å². The number of likely N-dealkylation sites (tertiary alicyclic amines) is 1. The van der Waals surface area contributed by atoms with Gasteiger partial charge in [0.1, 0.15) is 16.9 Å². The van der Waals surface area contributed by atoms with Crippen LogP contribution >= 0.6 is 23.2 Å². The lowest BCUT2D eigenvalue weighted by Crippen LogP contribution is -2.42. The molecule has 0 N–H and O–H groups in total. The molecule has 2 fully saturated rings. The van der Waals surface area contributed by atoms with Gasteiger partial charge in [0.25, 0.3) is 0 Å². The lowest BCUT2D eigenvalue weighted by atomic mass is 10.1. The van der Waals surface area contributed by atoms with E-state index in [2.05, 4.69) is 19.9 Å². The predicted molar refractivity (Wildman–Crippen MR) is 114 cm³/mol. The first-order chi connectivity index (χ1) is 14.1. The highest BCUT2D eigenvalue weighted by Crippen LogP contribution is 2.37.